The van der Waals surface area contributed by atoms with Gasteiger partial charge in [0.25, 0.3) is 0 Å². The third kappa shape index (κ3) is 1.73. The van der Waals surface area contributed by atoms with Crippen molar-refractivity contribution in [3.8, 4) is 11.3 Å². The van der Waals surface area contributed by atoms with Crippen LogP contribution in [0.5, 0.6) is 0 Å². The lowest BCUT2D eigenvalue weighted by molar-refractivity contribution is 0.281. The number of benzene rings is 1. The normalized spacial score (nSPS) is 10.6. The van der Waals surface area contributed by atoms with Crippen LogP contribution in [0.15, 0.2) is 28.9 Å². The van der Waals surface area contributed by atoms with E-state index >= 15 is 0 Å². The van der Waals surface area contributed by atoms with Crippen molar-refractivity contribution in [3.63, 3.8) is 0 Å². The molecule has 5 heteroatoms. The van der Waals surface area contributed by atoms with Gasteiger partial charge in [-0.2, -0.15) is 0 Å². The summed E-state index contributed by atoms with van der Waals surface area (Å²) >= 11 is 0. The summed E-state index contributed by atoms with van der Waals surface area (Å²) in [5.41, 5.74) is 0.774. The van der Waals surface area contributed by atoms with Crippen molar-refractivity contribution < 1.29 is 18.4 Å². The molecule has 0 saturated carbocycles. The predicted molar refractivity (Wildman–Crippen MR) is 47.8 cm³/mol. The molecular weight excluding hydrogens is 204 g/mol. The highest BCUT2D eigenvalue weighted by Gasteiger charge is 2.12. The maximum absolute atomic E-state index is 12.9. The molecule has 15 heavy (non-hydrogen) atoms. The van der Waals surface area contributed by atoms with Crippen molar-refractivity contribution in [1.29, 1.82) is 0 Å². The van der Waals surface area contributed by atoms with E-state index in [-0.39, 0.29) is 12.4 Å². The van der Waals surface area contributed by atoms with Gasteiger partial charge < -0.3 is 9.63 Å². The minimum absolute atomic E-state index is 0.247. The van der Waals surface area contributed by atoms with Crippen LogP contribution >= 0.6 is 0 Å². The van der Waals surface area contributed by atoms with Gasteiger partial charge in [-0.05, 0) is 18.2 Å². The maximum atomic E-state index is 12.9. The molecule has 1 aromatic carbocycles. The number of rotatable bonds is 2. The number of halogens is 2. The lowest BCUT2D eigenvalue weighted by Gasteiger charge is -1.99. The number of hydrogen-bond donors (Lipinski definition) is 1. The van der Waals surface area contributed by atoms with Crippen LogP contribution in [-0.4, -0.2) is 10.3 Å². The monoisotopic (exact) mass is 211 g/mol. The molecule has 2 rings (SSSR count). The molecule has 0 saturated heterocycles. The largest absolute Gasteiger partial charge is 0.391 e. The lowest BCUT2D eigenvalue weighted by atomic mass is 10.1. The Labute approximate surface area is 83.9 Å². The Kier molecular flexibility index (Phi) is 2.47. The van der Waals surface area contributed by atoms with Crippen LogP contribution in [0.4, 0.5) is 8.78 Å². The van der Waals surface area contributed by atoms with Gasteiger partial charge in [0.1, 0.15) is 0 Å². The molecule has 0 radical (unpaired) electrons. The number of aliphatic hydroxyl groups is 1. The molecule has 0 aliphatic heterocycles. The third-order valence-electron chi connectivity index (χ3n) is 2.00. The quantitative estimate of drug-likeness (QED) is 0.827. The Morgan fingerprint density at radius 3 is 2.73 bits per heavy atom. The molecule has 1 N–H and O–H groups in total. The van der Waals surface area contributed by atoms with Gasteiger partial charge in [-0.15, -0.1) is 0 Å². The third-order valence-corrected chi connectivity index (χ3v) is 2.00. The molecular formula is C10H7F2NO2. The molecule has 0 spiro atoms. The van der Waals surface area contributed by atoms with Crippen LogP contribution in [0.2, 0.25) is 0 Å². The summed E-state index contributed by atoms with van der Waals surface area (Å²) in [4.78, 5) is 0. The molecule has 0 bridgehead atoms. The fourth-order valence-corrected chi connectivity index (χ4v) is 1.25. The highest BCUT2D eigenvalue weighted by Crippen LogP contribution is 2.24. The van der Waals surface area contributed by atoms with Gasteiger partial charge >= 0.3 is 0 Å². The van der Waals surface area contributed by atoms with Crippen LogP contribution in [0.1, 0.15) is 5.56 Å². The van der Waals surface area contributed by atoms with Gasteiger partial charge in [-0.25, -0.2) is 8.78 Å². The fourth-order valence-electron chi connectivity index (χ4n) is 1.25. The molecule has 78 valence electrons. The number of aromatic nitrogens is 1. The van der Waals surface area contributed by atoms with E-state index in [2.05, 4.69) is 5.16 Å². The summed E-state index contributed by atoms with van der Waals surface area (Å²) in [5.74, 6) is -1.65. The summed E-state index contributed by atoms with van der Waals surface area (Å²) in [5, 5.41) is 12.4. The zero-order valence-corrected chi connectivity index (χ0v) is 7.58. The molecule has 0 aliphatic rings. The molecule has 1 heterocycles. The van der Waals surface area contributed by atoms with Crippen molar-refractivity contribution in [2.75, 3.05) is 0 Å². The summed E-state index contributed by atoms with van der Waals surface area (Å²) in [6.45, 7) is -0.266. The Morgan fingerprint density at radius 2 is 2.07 bits per heavy atom. The predicted octanol–water partition coefficient (Wildman–Crippen LogP) is 2.11. The van der Waals surface area contributed by atoms with Gasteiger partial charge in [0, 0.05) is 11.1 Å². The molecule has 3 nitrogen and oxygen atoms in total. The Balaban J connectivity index is 2.50. The Hall–Kier alpha value is -1.75. The van der Waals surface area contributed by atoms with E-state index < -0.39 is 11.6 Å². The van der Waals surface area contributed by atoms with E-state index in [1.165, 1.54) is 12.3 Å². The fraction of sp³-hybridized carbons (Fsp3) is 0.100. The van der Waals surface area contributed by atoms with Gasteiger partial charge in [0.05, 0.1) is 12.8 Å². The first-order chi connectivity index (χ1) is 7.22. The van der Waals surface area contributed by atoms with Gasteiger partial charge in [-0.1, -0.05) is 5.16 Å². The molecule has 0 aliphatic carbocycles. The van der Waals surface area contributed by atoms with Crippen LogP contribution in [0.3, 0.4) is 0 Å². The number of hydrogen-bond acceptors (Lipinski definition) is 3. The summed E-state index contributed by atoms with van der Waals surface area (Å²) in [6, 6.07) is 3.35. The average molecular weight is 211 g/mol. The molecule has 0 unspecified atom stereocenters. The van der Waals surface area contributed by atoms with Crippen LogP contribution in [0, 0.1) is 11.6 Å². The Bertz CT molecular complexity index is 482. The van der Waals surface area contributed by atoms with E-state index in [9.17, 15) is 8.78 Å². The van der Waals surface area contributed by atoms with Crippen molar-refractivity contribution in [1.82, 2.24) is 5.16 Å². The standard InChI is InChI=1S/C10H7F2NO2/c11-8-2-1-6(3-9(8)12)10-7(5-14)4-13-15-10/h1-4,14H,5H2. The lowest BCUT2D eigenvalue weighted by Crippen LogP contribution is -1.87. The SMILES string of the molecule is OCc1cnoc1-c1ccc(F)c(F)c1. The summed E-state index contributed by atoms with van der Waals surface area (Å²) in [7, 11) is 0. The van der Waals surface area contributed by atoms with Crippen LogP contribution in [0.25, 0.3) is 11.3 Å². The minimum Gasteiger partial charge on any atom is -0.391 e. The highest BCUT2D eigenvalue weighted by molar-refractivity contribution is 5.60. The van der Waals surface area contributed by atoms with Gasteiger partial charge in [0.15, 0.2) is 17.4 Å². The second-order valence-corrected chi connectivity index (χ2v) is 2.97. The summed E-state index contributed by atoms with van der Waals surface area (Å²) < 4.78 is 30.4. The first-order valence-corrected chi connectivity index (χ1v) is 4.22. The van der Waals surface area contributed by atoms with E-state index in [4.69, 9.17) is 9.63 Å². The van der Waals surface area contributed by atoms with Crippen molar-refractivity contribution in [3.05, 3.63) is 41.6 Å². The van der Waals surface area contributed by atoms with E-state index in [1.807, 2.05) is 0 Å². The van der Waals surface area contributed by atoms with E-state index in [0.29, 0.717) is 11.1 Å². The van der Waals surface area contributed by atoms with Gasteiger partial charge in [0.2, 0.25) is 0 Å². The minimum atomic E-state index is -0.965. The molecule has 1 aromatic heterocycles. The van der Waals surface area contributed by atoms with E-state index in [1.54, 1.807) is 0 Å². The first kappa shape index (κ1) is 9.79. The Morgan fingerprint density at radius 1 is 1.27 bits per heavy atom. The van der Waals surface area contributed by atoms with Crippen molar-refractivity contribution in [2.45, 2.75) is 6.61 Å². The highest BCUT2D eigenvalue weighted by atomic mass is 19.2. The average Bonchev–Trinajstić information content (AvgIpc) is 2.70. The van der Waals surface area contributed by atoms with Crippen molar-refractivity contribution in [2.24, 2.45) is 0 Å². The number of nitrogens with zero attached hydrogens (tertiary/aromatic N) is 1. The smallest absolute Gasteiger partial charge is 0.172 e. The zero-order valence-electron chi connectivity index (χ0n) is 7.58. The molecule has 0 atom stereocenters. The number of aliphatic hydroxyl groups excluding tert-OH is 1. The van der Waals surface area contributed by atoms with Gasteiger partial charge in [-0.3, -0.25) is 0 Å². The molecule has 2 aromatic rings. The van der Waals surface area contributed by atoms with Crippen molar-refractivity contribution >= 4 is 0 Å². The second-order valence-electron chi connectivity index (χ2n) is 2.97. The maximum Gasteiger partial charge on any atom is 0.172 e. The topological polar surface area (TPSA) is 46.3 Å². The second kappa shape index (κ2) is 3.78. The van der Waals surface area contributed by atoms with E-state index in [0.717, 1.165) is 12.1 Å². The molecule has 0 amide bonds. The summed E-state index contributed by atoms with van der Waals surface area (Å²) in [6.07, 6.45) is 1.33. The zero-order chi connectivity index (χ0) is 10.8. The first-order valence-electron chi connectivity index (χ1n) is 4.22. The molecule has 0 fully saturated rings. The van der Waals surface area contributed by atoms with Crippen LogP contribution < -0.4 is 0 Å². The van der Waals surface area contributed by atoms with Crippen LogP contribution in [-0.2, 0) is 6.61 Å².